The van der Waals surface area contributed by atoms with E-state index >= 15 is 0 Å². The third-order valence-electron chi connectivity index (χ3n) is 2.64. The predicted octanol–water partition coefficient (Wildman–Crippen LogP) is -0.815. The Hall–Kier alpha value is -0.160. The van der Waals surface area contributed by atoms with Crippen molar-refractivity contribution in [3.8, 4) is 0 Å². The summed E-state index contributed by atoms with van der Waals surface area (Å²) in [5.41, 5.74) is 0. The van der Waals surface area contributed by atoms with Gasteiger partial charge in [0.25, 0.3) is 0 Å². The first-order valence-electron chi connectivity index (χ1n) is 4.84. The fourth-order valence-corrected chi connectivity index (χ4v) is 1.74. The summed E-state index contributed by atoms with van der Waals surface area (Å²) in [6.07, 6.45) is 0.835. The Morgan fingerprint density at radius 2 is 2.15 bits per heavy atom. The topological polar surface area (TPSA) is 63.9 Å². The summed E-state index contributed by atoms with van der Waals surface area (Å²) >= 11 is 0. The molecule has 1 fully saturated rings. The summed E-state index contributed by atoms with van der Waals surface area (Å²) < 4.78 is 0. The predicted molar refractivity (Wildman–Crippen MR) is 49.4 cm³/mol. The van der Waals surface area contributed by atoms with Crippen LogP contribution in [0, 0.1) is 0 Å². The van der Waals surface area contributed by atoms with Gasteiger partial charge in [0.2, 0.25) is 0 Å². The zero-order valence-corrected chi connectivity index (χ0v) is 8.06. The summed E-state index contributed by atoms with van der Waals surface area (Å²) in [7, 11) is 0. The zero-order valence-electron chi connectivity index (χ0n) is 8.06. The molecule has 0 amide bonds. The van der Waals surface area contributed by atoms with Gasteiger partial charge >= 0.3 is 0 Å². The van der Waals surface area contributed by atoms with Crippen LogP contribution >= 0.6 is 0 Å². The molecule has 3 N–H and O–H groups in total. The Labute approximate surface area is 78.8 Å². The number of piperidine rings is 1. The number of likely N-dealkylation sites (tertiary alicyclic amines) is 1. The van der Waals surface area contributed by atoms with Crippen molar-refractivity contribution in [1.82, 2.24) is 4.90 Å². The summed E-state index contributed by atoms with van der Waals surface area (Å²) in [6, 6.07) is 0.393. The van der Waals surface area contributed by atoms with E-state index in [1.807, 2.05) is 4.90 Å². The molecule has 0 aromatic rings. The van der Waals surface area contributed by atoms with E-state index in [9.17, 15) is 10.2 Å². The van der Waals surface area contributed by atoms with E-state index in [2.05, 4.69) is 6.92 Å². The molecule has 1 rings (SSSR count). The SMILES string of the molecule is C[C@@H]1CC[C@H](O)CN1CC(O)CO. The monoisotopic (exact) mass is 189 g/mol. The van der Waals surface area contributed by atoms with Crippen molar-refractivity contribution < 1.29 is 15.3 Å². The fourth-order valence-electron chi connectivity index (χ4n) is 1.74. The lowest BCUT2D eigenvalue weighted by atomic mass is 10.0. The lowest BCUT2D eigenvalue weighted by Gasteiger charge is -2.36. The molecule has 4 heteroatoms. The van der Waals surface area contributed by atoms with E-state index in [1.54, 1.807) is 0 Å². The highest BCUT2D eigenvalue weighted by atomic mass is 16.3. The maximum absolute atomic E-state index is 9.40. The number of nitrogens with zero attached hydrogens (tertiary/aromatic N) is 1. The zero-order chi connectivity index (χ0) is 9.84. The normalized spacial score (nSPS) is 33.2. The van der Waals surface area contributed by atoms with Gasteiger partial charge in [-0.2, -0.15) is 0 Å². The van der Waals surface area contributed by atoms with Gasteiger partial charge in [-0.3, -0.25) is 4.90 Å². The molecule has 1 aliphatic heterocycles. The average Bonchev–Trinajstić information content (AvgIpc) is 2.11. The Bertz CT molecular complexity index is 154. The summed E-state index contributed by atoms with van der Waals surface area (Å²) in [6.45, 7) is 2.93. The van der Waals surface area contributed by atoms with Crippen molar-refractivity contribution in [2.45, 2.75) is 38.0 Å². The molecule has 0 bridgehead atoms. The van der Waals surface area contributed by atoms with Crippen LogP contribution in [0.15, 0.2) is 0 Å². The number of β-amino-alcohol motifs (C(OH)–C–C–N with tert-alkyl or cyclic N) is 2. The van der Waals surface area contributed by atoms with E-state index in [0.717, 1.165) is 12.8 Å². The quantitative estimate of drug-likeness (QED) is 0.543. The number of hydrogen-bond acceptors (Lipinski definition) is 4. The first-order chi connectivity index (χ1) is 6.13. The third kappa shape index (κ3) is 3.23. The minimum atomic E-state index is -0.687. The van der Waals surface area contributed by atoms with Gasteiger partial charge in [-0.25, -0.2) is 0 Å². The molecule has 1 heterocycles. The second kappa shape index (κ2) is 4.91. The molecule has 0 aliphatic carbocycles. The molecule has 1 unspecified atom stereocenters. The fraction of sp³-hybridized carbons (Fsp3) is 1.00. The molecule has 0 aromatic heterocycles. The number of hydrogen-bond donors (Lipinski definition) is 3. The Balaban J connectivity index is 2.37. The molecule has 0 spiro atoms. The number of aliphatic hydroxyl groups is 3. The van der Waals surface area contributed by atoms with Crippen LogP contribution in [-0.2, 0) is 0 Å². The molecule has 78 valence electrons. The number of rotatable bonds is 3. The molecule has 3 atom stereocenters. The first-order valence-corrected chi connectivity index (χ1v) is 4.84. The van der Waals surface area contributed by atoms with Gasteiger partial charge in [0, 0.05) is 19.1 Å². The summed E-state index contributed by atoms with van der Waals surface area (Å²) in [5.74, 6) is 0. The van der Waals surface area contributed by atoms with E-state index in [0.29, 0.717) is 19.1 Å². The average molecular weight is 189 g/mol. The smallest absolute Gasteiger partial charge is 0.0897 e. The van der Waals surface area contributed by atoms with Crippen LogP contribution in [0.1, 0.15) is 19.8 Å². The molecule has 0 radical (unpaired) electrons. The van der Waals surface area contributed by atoms with Crippen molar-refractivity contribution in [3.63, 3.8) is 0 Å². The van der Waals surface area contributed by atoms with Gasteiger partial charge in [-0.05, 0) is 19.8 Å². The Kier molecular flexibility index (Phi) is 4.12. The third-order valence-corrected chi connectivity index (χ3v) is 2.64. The highest BCUT2D eigenvalue weighted by molar-refractivity contribution is 4.79. The second-order valence-corrected chi connectivity index (χ2v) is 3.87. The van der Waals surface area contributed by atoms with E-state index in [-0.39, 0.29) is 12.7 Å². The van der Waals surface area contributed by atoms with Gasteiger partial charge < -0.3 is 15.3 Å². The van der Waals surface area contributed by atoms with Crippen LogP contribution in [0.4, 0.5) is 0 Å². The standard InChI is InChI=1S/C9H19NO3/c1-7-2-3-8(12)4-10(7)5-9(13)6-11/h7-9,11-13H,2-6H2,1H3/t7-,8+,9?/m1/s1. The van der Waals surface area contributed by atoms with Crippen molar-refractivity contribution in [1.29, 1.82) is 0 Å². The molecular formula is C9H19NO3. The summed E-state index contributed by atoms with van der Waals surface area (Å²) in [5, 5.41) is 27.3. The summed E-state index contributed by atoms with van der Waals surface area (Å²) in [4.78, 5) is 2.02. The molecular weight excluding hydrogens is 170 g/mol. The maximum atomic E-state index is 9.40. The second-order valence-electron chi connectivity index (χ2n) is 3.87. The van der Waals surface area contributed by atoms with Crippen LogP contribution in [-0.4, -0.2) is 58.2 Å². The van der Waals surface area contributed by atoms with E-state index < -0.39 is 6.10 Å². The highest BCUT2D eigenvalue weighted by Gasteiger charge is 2.25. The van der Waals surface area contributed by atoms with Gasteiger partial charge in [-0.1, -0.05) is 0 Å². The maximum Gasteiger partial charge on any atom is 0.0897 e. The Morgan fingerprint density at radius 1 is 1.46 bits per heavy atom. The van der Waals surface area contributed by atoms with E-state index in [1.165, 1.54) is 0 Å². The van der Waals surface area contributed by atoms with Crippen LogP contribution in [0.3, 0.4) is 0 Å². The largest absolute Gasteiger partial charge is 0.394 e. The molecule has 1 saturated heterocycles. The van der Waals surface area contributed by atoms with Crippen LogP contribution < -0.4 is 0 Å². The van der Waals surface area contributed by atoms with Gasteiger partial charge in [0.1, 0.15) is 0 Å². The van der Waals surface area contributed by atoms with Gasteiger partial charge in [0.05, 0.1) is 18.8 Å². The molecule has 0 saturated carbocycles. The lowest BCUT2D eigenvalue weighted by molar-refractivity contribution is -0.00195. The van der Waals surface area contributed by atoms with Crippen LogP contribution in [0.2, 0.25) is 0 Å². The van der Waals surface area contributed by atoms with Crippen molar-refractivity contribution in [3.05, 3.63) is 0 Å². The lowest BCUT2D eigenvalue weighted by Crippen LogP contribution is -2.47. The van der Waals surface area contributed by atoms with Crippen molar-refractivity contribution in [2.24, 2.45) is 0 Å². The Morgan fingerprint density at radius 3 is 2.77 bits per heavy atom. The first kappa shape index (κ1) is 10.9. The molecule has 0 aromatic carbocycles. The van der Waals surface area contributed by atoms with E-state index in [4.69, 9.17) is 5.11 Å². The van der Waals surface area contributed by atoms with Crippen molar-refractivity contribution in [2.75, 3.05) is 19.7 Å². The number of aliphatic hydroxyl groups excluding tert-OH is 3. The van der Waals surface area contributed by atoms with Gasteiger partial charge in [-0.15, -0.1) is 0 Å². The molecule has 13 heavy (non-hydrogen) atoms. The van der Waals surface area contributed by atoms with Crippen LogP contribution in [0.25, 0.3) is 0 Å². The van der Waals surface area contributed by atoms with Crippen molar-refractivity contribution >= 4 is 0 Å². The minimum Gasteiger partial charge on any atom is -0.394 e. The van der Waals surface area contributed by atoms with Gasteiger partial charge in [0.15, 0.2) is 0 Å². The molecule has 4 nitrogen and oxygen atoms in total. The highest BCUT2D eigenvalue weighted by Crippen LogP contribution is 2.16. The van der Waals surface area contributed by atoms with Crippen LogP contribution in [0.5, 0.6) is 0 Å². The minimum absolute atomic E-state index is 0.209. The molecule has 1 aliphatic rings.